The maximum Gasteiger partial charge on any atom is 0.242 e. The third-order valence-electron chi connectivity index (χ3n) is 5.28. The van der Waals surface area contributed by atoms with Gasteiger partial charge in [-0.05, 0) is 48.4 Å². The molecule has 5 heteroatoms. The summed E-state index contributed by atoms with van der Waals surface area (Å²) in [6, 6.07) is 10.4. The lowest BCUT2D eigenvalue weighted by Crippen LogP contribution is -2.47. The SMILES string of the molecule is CCN(CC(=O)N1CCc2sccc2[C@H]1c1ccccc1C)C(=O)C(C)C. The van der Waals surface area contributed by atoms with Crippen molar-refractivity contribution < 1.29 is 9.59 Å². The van der Waals surface area contributed by atoms with Crippen molar-refractivity contribution in [2.45, 2.75) is 40.2 Å². The fraction of sp³-hybridized carbons (Fsp3) is 0.455. The number of hydrogen-bond acceptors (Lipinski definition) is 3. The average Bonchev–Trinajstić information content (AvgIpc) is 3.14. The molecule has 144 valence electrons. The summed E-state index contributed by atoms with van der Waals surface area (Å²) in [5.74, 6) is -0.0442. The smallest absolute Gasteiger partial charge is 0.242 e. The van der Waals surface area contributed by atoms with E-state index in [1.807, 2.05) is 37.8 Å². The Balaban J connectivity index is 1.92. The van der Waals surface area contributed by atoms with Gasteiger partial charge in [-0.25, -0.2) is 0 Å². The van der Waals surface area contributed by atoms with E-state index in [1.165, 1.54) is 21.6 Å². The minimum Gasteiger partial charge on any atom is -0.333 e. The molecule has 0 radical (unpaired) electrons. The van der Waals surface area contributed by atoms with Crippen LogP contribution < -0.4 is 0 Å². The molecular weight excluding hydrogens is 356 g/mol. The largest absolute Gasteiger partial charge is 0.333 e. The molecule has 0 bridgehead atoms. The molecule has 1 aromatic heterocycles. The van der Waals surface area contributed by atoms with Crippen molar-refractivity contribution in [3.8, 4) is 0 Å². The van der Waals surface area contributed by atoms with E-state index < -0.39 is 0 Å². The number of nitrogens with zero attached hydrogens (tertiary/aromatic N) is 2. The quantitative estimate of drug-likeness (QED) is 0.781. The summed E-state index contributed by atoms with van der Waals surface area (Å²) in [6.45, 7) is 9.18. The monoisotopic (exact) mass is 384 g/mol. The number of likely N-dealkylation sites (N-methyl/N-ethyl adjacent to an activating group) is 1. The van der Waals surface area contributed by atoms with Gasteiger partial charge < -0.3 is 9.80 Å². The molecule has 1 aromatic carbocycles. The molecule has 0 N–H and O–H groups in total. The molecule has 2 aromatic rings. The Hall–Kier alpha value is -2.14. The molecule has 1 aliphatic heterocycles. The van der Waals surface area contributed by atoms with Gasteiger partial charge in [0, 0.05) is 23.9 Å². The first-order chi connectivity index (χ1) is 12.9. The molecule has 4 nitrogen and oxygen atoms in total. The molecule has 0 saturated heterocycles. The van der Waals surface area contributed by atoms with Crippen molar-refractivity contribution >= 4 is 23.2 Å². The molecule has 2 amide bonds. The van der Waals surface area contributed by atoms with Crippen molar-refractivity contribution in [1.29, 1.82) is 0 Å². The van der Waals surface area contributed by atoms with Gasteiger partial charge in [0.05, 0.1) is 12.6 Å². The number of benzene rings is 1. The van der Waals surface area contributed by atoms with Crippen LogP contribution in [0.3, 0.4) is 0 Å². The summed E-state index contributed by atoms with van der Waals surface area (Å²) >= 11 is 1.77. The zero-order valence-corrected chi connectivity index (χ0v) is 17.4. The molecule has 3 rings (SSSR count). The van der Waals surface area contributed by atoms with E-state index in [0.29, 0.717) is 13.1 Å². The number of rotatable bonds is 5. The lowest BCUT2D eigenvalue weighted by Gasteiger charge is -2.38. The molecule has 0 unspecified atom stereocenters. The highest BCUT2D eigenvalue weighted by Crippen LogP contribution is 2.38. The lowest BCUT2D eigenvalue weighted by atomic mass is 9.90. The van der Waals surface area contributed by atoms with Gasteiger partial charge in [-0.1, -0.05) is 38.1 Å². The van der Waals surface area contributed by atoms with Crippen molar-refractivity contribution in [2.24, 2.45) is 5.92 Å². The van der Waals surface area contributed by atoms with E-state index in [9.17, 15) is 9.59 Å². The van der Waals surface area contributed by atoms with E-state index in [1.54, 1.807) is 16.2 Å². The van der Waals surface area contributed by atoms with Crippen LogP contribution in [0.25, 0.3) is 0 Å². The second-order valence-corrected chi connectivity index (χ2v) is 8.40. The Kier molecular flexibility index (Phi) is 6.00. The third-order valence-corrected chi connectivity index (χ3v) is 6.28. The minimum absolute atomic E-state index is 0.0240. The molecular formula is C22H28N2O2S. The lowest BCUT2D eigenvalue weighted by molar-refractivity contribution is -0.143. The van der Waals surface area contributed by atoms with Crippen LogP contribution in [0.15, 0.2) is 35.7 Å². The molecule has 0 aliphatic carbocycles. The zero-order chi connectivity index (χ0) is 19.6. The van der Waals surface area contributed by atoms with E-state index in [0.717, 1.165) is 6.42 Å². The first-order valence-electron chi connectivity index (χ1n) is 9.64. The maximum atomic E-state index is 13.3. The van der Waals surface area contributed by atoms with Crippen LogP contribution in [0.1, 0.15) is 48.4 Å². The van der Waals surface area contributed by atoms with Crippen molar-refractivity contribution in [3.05, 3.63) is 57.3 Å². The van der Waals surface area contributed by atoms with Crippen LogP contribution in [0.2, 0.25) is 0 Å². The fourth-order valence-electron chi connectivity index (χ4n) is 3.78. The second-order valence-electron chi connectivity index (χ2n) is 7.40. The highest BCUT2D eigenvalue weighted by Gasteiger charge is 2.34. The highest BCUT2D eigenvalue weighted by atomic mass is 32.1. The Morgan fingerprint density at radius 2 is 1.96 bits per heavy atom. The predicted molar refractivity (Wildman–Crippen MR) is 110 cm³/mol. The average molecular weight is 385 g/mol. The van der Waals surface area contributed by atoms with Crippen LogP contribution >= 0.6 is 11.3 Å². The van der Waals surface area contributed by atoms with Crippen LogP contribution in [0.5, 0.6) is 0 Å². The highest BCUT2D eigenvalue weighted by molar-refractivity contribution is 7.10. The maximum absolute atomic E-state index is 13.3. The van der Waals surface area contributed by atoms with E-state index in [2.05, 4.69) is 30.5 Å². The molecule has 1 aliphatic rings. The number of thiophene rings is 1. The van der Waals surface area contributed by atoms with Gasteiger partial charge in [-0.2, -0.15) is 0 Å². The van der Waals surface area contributed by atoms with Crippen molar-refractivity contribution in [3.63, 3.8) is 0 Å². The Morgan fingerprint density at radius 1 is 1.22 bits per heavy atom. The second kappa shape index (κ2) is 8.26. The van der Waals surface area contributed by atoms with Crippen LogP contribution in [0, 0.1) is 12.8 Å². The van der Waals surface area contributed by atoms with Crippen LogP contribution in [-0.4, -0.2) is 41.2 Å². The van der Waals surface area contributed by atoms with E-state index >= 15 is 0 Å². The van der Waals surface area contributed by atoms with Gasteiger partial charge in [0.25, 0.3) is 0 Å². The molecule has 0 saturated carbocycles. The summed E-state index contributed by atoms with van der Waals surface area (Å²) in [4.78, 5) is 30.7. The molecule has 1 atom stereocenters. The summed E-state index contributed by atoms with van der Waals surface area (Å²) in [5.41, 5.74) is 3.58. The van der Waals surface area contributed by atoms with Crippen molar-refractivity contribution in [2.75, 3.05) is 19.6 Å². The zero-order valence-electron chi connectivity index (χ0n) is 16.6. The summed E-state index contributed by atoms with van der Waals surface area (Å²) in [7, 11) is 0. The van der Waals surface area contributed by atoms with Crippen LogP contribution in [-0.2, 0) is 16.0 Å². The Morgan fingerprint density at radius 3 is 2.63 bits per heavy atom. The number of fused-ring (bicyclic) bond motifs is 1. The first-order valence-corrected chi connectivity index (χ1v) is 10.5. The standard InChI is InChI=1S/C22H28N2O2S/c1-5-23(22(26)15(2)3)14-20(25)24-12-10-19-18(11-13-27-19)21(24)17-9-7-6-8-16(17)4/h6-9,11,13,15,21H,5,10,12,14H2,1-4H3/t21-/m1/s1. The predicted octanol–water partition coefficient (Wildman–Crippen LogP) is 4.04. The summed E-state index contributed by atoms with van der Waals surface area (Å²) < 4.78 is 0. The Labute approximate surface area is 165 Å². The van der Waals surface area contributed by atoms with Gasteiger partial charge >= 0.3 is 0 Å². The van der Waals surface area contributed by atoms with Gasteiger partial charge in [0.2, 0.25) is 11.8 Å². The number of hydrogen-bond donors (Lipinski definition) is 0. The fourth-order valence-corrected chi connectivity index (χ4v) is 4.68. The molecule has 0 spiro atoms. The van der Waals surface area contributed by atoms with Crippen LogP contribution in [0.4, 0.5) is 0 Å². The van der Waals surface area contributed by atoms with Gasteiger partial charge in [0.1, 0.15) is 0 Å². The van der Waals surface area contributed by atoms with Gasteiger partial charge in [-0.3, -0.25) is 9.59 Å². The topological polar surface area (TPSA) is 40.6 Å². The Bertz CT molecular complexity index is 827. The molecule has 27 heavy (non-hydrogen) atoms. The number of carbonyl (C=O) groups is 2. The number of aryl methyl sites for hydroxylation is 1. The van der Waals surface area contributed by atoms with Gasteiger partial charge in [-0.15, -0.1) is 11.3 Å². The molecule has 0 fully saturated rings. The summed E-state index contributed by atoms with van der Waals surface area (Å²) in [6.07, 6.45) is 0.880. The first kappa shape index (κ1) is 19.6. The number of amides is 2. The molecule has 2 heterocycles. The van der Waals surface area contributed by atoms with Gasteiger partial charge in [0.15, 0.2) is 0 Å². The van der Waals surface area contributed by atoms with Crippen molar-refractivity contribution in [1.82, 2.24) is 9.80 Å². The van der Waals surface area contributed by atoms with E-state index in [4.69, 9.17) is 0 Å². The third kappa shape index (κ3) is 3.93. The number of carbonyl (C=O) groups excluding carboxylic acids is 2. The minimum atomic E-state index is -0.102. The van der Waals surface area contributed by atoms with E-state index in [-0.39, 0.29) is 30.3 Å². The normalized spacial score (nSPS) is 16.3. The summed E-state index contributed by atoms with van der Waals surface area (Å²) in [5, 5.41) is 2.12.